The zero-order chi connectivity index (χ0) is 79.4. The molecule has 0 aliphatic rings. The van der Waals surface area contributed by atoms with Gasteiger partial charge in [0.25, 0.3) is 0 Å². The van der Waals surface area contributed by atoms with Crippen molar-refractivity contribution in [3.8, 4) is 43.1 Å². The minimum absolute atomic E-state index is 0.873. The lowest BCUT2D eigenvalue weighted by Crippen LogP contribution is -2.10. The van der Waals surface area contributed by atoms with E-state index in [1.165, 1.54) is 153 Å². The Balaban J connectivity index is 0.000000138. The number of nitrogens with zero attached hydrogens (tertiary/aromatic N) is 2. The van der Waals surface area contributed by atoms with Crippen LogP contribution in [-0.4, -0.2) is 0 Å². The number of thiophene rings is 2. The van der Waals surface area contributed by atoms with Gasteiger partial charge in [0.05, 0.1) is 0 Å². The molecule has 0 atom stereocenters. The highest BCUT2D eigenvalue weighted by molar-refractivity contribution is 7.13. The second-order valence-corrected chi connectivity index (χ2v) is 34.8. The largest absolute Gasteiger partial charge is 0.455 e. The normalized spacial score (nSPS) is 12.2. The Kier molecular flexibility index (Phi) is 15.6. The predicted octanol–water partition coefficient (Wildman–Crippen LogP) is 33.6. The van der Waals surface area contributed by atoms with Gasteiger partial charge in [-0.3, -0.25) is 0 Å². The first-order valence-electron chi connectivity index (χ1n) is 40.6. The summed E-state index contributed by atoms with van der Waals surface area (Å²) in [5.74, 6) is 0. The molecule has 0 N–H and O–H groups in total. The van der Waals surface area contributed by atoms with E-state index in [1.54, 1.807) is 22.7 Å². The van der Waals surface area contributed by atoms with Crippen LogP contribution in [0.25, 0.3) is 196 Å². The van der Waals surface area contributed by atoms with Crippen molar-refractivity contribution < 1.29 is 17.7 Å². The highest BCUT2D eigenvalue weighted by Gasteiger charge is 2.31. The van der Waals surface area contributed by atoms with Crippen molar-refractivity contribution in [3.63, 3.8) is 0 Å². The molecule has 0 amide bonds. The van der Waals surface area contributed by atoms with Gasteiger partial charge in [0.1, 0.15) is 44.7 Å². The lowest BCUT2D eigenvalue weighted by molar-refractivity contribution is 0.672. The van der Waals surface area contributed by atoms with Crippen LogP contribution in [0, 0.1) is 69.2 Å². The minimum atomic E-state index is 0.873. The second kappa shape index (κ2) is 26.4. The third kappa shape index (κ3) is 10.7. The van der Waals surface area contributed by atoms with Crippen molar-refractivity contribution in [3.05, 3.63) is 345 Å². The molecule has 8 heteroatoms. The molecule has 6 nitrogen and oxygen atoms in total. The van der Waals surface area contributed by atoms with Crippen LogP contribution in [0.5, 0.6) is 0 Å². The van der Waals surface area contributed by atoms with Gasteiger partial charge < -0.3 is 27.5 Å². The predicted molar refractivity (Wildman–Crippen MR) is 504 cm³/mol. The van der Waals surface area contributed by atoms with Gasteiger partial charge in [-0.05, 0) is 326 Å². The fraction of sp³-hybridized carbons (Fsp3) is 0.0909. The van der Waals surface area contributed by atoms with Gasteiger partial charge in [-0.2, -0.15) is 0 Å². The number of furan rings is 4. The number of aryl methyl sites for hydroxylation is 10. The Morgan fingerprint density at radius 2 is 0.551 bits per heavy atom. The summed E-state index contributed by atoms with van der Waals surface area (Å²) in [6.07, 6.45) is 0. The van der Waals surface area contributed by atoms with Gasteiger partial charge >= 0.3 is 0 Å². The molecule has 0 aliphatic heterocycles. The number of hydrogen-bond acceptors (Lipinski definition) is 8. The molecule has 0 fully saturated rings. The zero-order valence-corrected chi connectivity index (χ0v) is 68.7. The molecule has 118 heavy (non-hydrogen) atoms. The van der Waals surface area contributed by atoms with Crippen LogP contribution in [0.4, 0.5) is 34.1 Å². The summed E-state index contributed by atoms with van der Waals surface area (Å²) in [6, 6.07) is 102. The molecule has 24 aromatic rings. The standard InChI is InChI=1S/C56H40N2O2.C54H38O2S2/c1-33-9-5-13-39(25-33)57(40-14-6-10-34(2)26-40)43-19-23-51-47(31-43)49-29-37-17-22-46-54-38(18-21-45(53(37)54)55(49)59-51)30-50-48-32-44(20-24-52(48)60-56(46)50)58(41-15-7-11-35(3)27-41)42-16-8-12-36(4)28-42;1-27-21-29(3)45(30(4)22-27)49-37-15-17-40-48-38(16-18-39(47(37)48)53-51(49)35-13-11-33(25-41(35)55-53)43-9-7-19-57-43)50(46-31(5)23-28(2)24-32(46)6)52-36-14-12-34(44-10-8-20-58-44)26-42(36)56-54(40)52/h5-32H,1-4H3;7-26H,1-6H3. The van der Waals surface area contributed by atoms with Gasteiger partial charge in [0.15, 0.2) is 0 Å². The van der Waals surface area contributed by atoms with Crippen LogP contribution < -0.4 is 9.80 Å². The summed E-state index contributed by atoms with van der Waals surface area (Å²) in [7, 11) is 0. The van der Waals surface area contributed by atoms with E-state index in [0.717, 1.165) is 133 Å². The monoisotopic (exact) mass is 1550 g/mol. The first kappa shape index (κ1) is 69.7. The van der Waals surface area contributed by atoms with E-state index >= 15 is 0 Å². The summed E-state index contributed by atoms with van der Waals surface area (Å²) in [6.45, 7) is 22.0. The molecule has 0 radical (unpaired) electrons. The first-order chi connectivity index (χ1) is 57.6. The van der Waals surface area contributed by atoms with E-state index in [4.69, 9.17) is 17.7 Å². The van der Waals surface area contributed by atoms with Crippen molar-refractivity contribution in [1.29, 1.82) is 0 Å². The number of benzene rings is 18. The summed E-state index contributed by atoms with van der Waals surface area (Å²) < 4.78 is 27.9. The van der Waals surface area contributed by atoms with Crippen LogP contribution in [-0.2, 0) is 0 Å². The SMILES string of the molecule is Cc1cc(C)c(-c2c3ccc4c5oc6cc(-c7cccs7)ccc6c5c(-c5c(C)cc(C)cc5C)c5ccc(c6oc7cc(-c8cccs8)ccc7c26)c3c54)c(C)c1.Cc1cccc(N(c2cccc(C)c2)c2ccc3oc4c(cc5ccc6c7oc8ccc(N(c9cccc(C)c9)c9cccc(C)c9)cc8c7cc7ccc4c5c76)c3c2)c1. The Hall–Kier alpha value is -13.8. The van der Waals surface area contributed by atoms with Crippen molar-refractivity contribution in [2.75, 3.05) is 9.80 Å². The maximum Gasteiger partial charge on any atom is 0.143 e. The van der Waals surface area contributed by atoms with Gasteiger partial charge in [-0.1, -0.05) is 132 Å². The molecule has 0 unspecified atom stereocenters. The molecule has 0 bridgehead atoms. The van der Waals surface area contributed by atoms with E-state index < -0.39 is 0 Å². The van der Waals surface area contributed by atoms with Crippen molar-refractivity contribution in [2.45, 2.75) is 69.2 Å². The molecule has 0 saturated heterocycles. The highest BCUT2D eigenvalue weighted by atomic mass is 32.1. The third-order valence-electron chi connectivity index (χ3n) is 24.8. The van der Waals surface area contributed by atoms with Gasteiger partial charge in [0.2, 0.25) is 0 Å². The van der Waals surface area contributed by atoms with Gasteiger partial charge in [-0.25, -0.2) is 0 Å². The maximum absolute atomic E-state index is 7.15. The smallest absolute Gasteiger partial charge is 0.143 e. The van der Waals surface area contributed by atoms with Crippen LogP contribution >= 0.6 is 22.7 Å². The van der Waals surface area contributed by atoms with Gasteiger partial charge in [0, 0.05) is 141 Å². The molecule has 0 aliphatic carbocycles. The number of anilines is 6. The van der Waals surface area contributed by atoms with Crippen LogP contribution in [0.3, 0.4) is 0 Å². The molecule has 564 valence electrons. The fourth-order valence-electron chi connectivity index (χ4n) is 20.1. The molecular weight excluding hydrogens is 1480 g/mol. The van der Waals surface area contributed by atoms with Crippen LogP contribution in [0.2, 0.25) is 0 Å². The highest BCUT2D eigenvalue weighted by Crippen LogP contribution is 2.56. The van der Waals surface area contributed by atoms with E-state index in [2.05, 4.69) is 369 Å². The topological polar surface area (TPSA) is 59.0 Å². The van der Waals surface area contributed by atoms with Crippen LogP contribution in [0.1, 0.15) is 55.6 Å². The lowest BCUT2D eigenvalue weighted by atomic mass is 9.81. The quantitative estimate of drug-likeness (QED) is 0.127. The number of fused-ring (bicyclic) bond motifs is 16. The van der Waals surface area contributed by atoms with Crippen molar-refractivity contribution in [2.24, 2.45) is 0 Å². The second-order valence-electron chi connectivity index (χ2n) is 32.9. The zero-order valence-electron chi connectivity index (χ0n) is 67.1. The molecule has 24 rings (SSSR count). The van der Waals surface area contributed by atoms with Gasteiger partial charge in [-0.15, -0.1) is 22.7 Å². The number of rotatable bonds is 10. The molecule has 0 spiro atoms. The summed E-state index contributed by atoms with van der Waals surface area (Å²) in [4.78, 5) is 7.16. The Bertz CT molecular complexity index is 7700. The molecule has 6 aromatic heterocycles. The fourth-order valence-corrected chi connectivity index (χ4v) is 21.6. The van der Waals surface area contributed by atoms with E-state index in [0.29, 0.717) is 0 Å². The van der Waals surface area contributed by atoms with E-state index in [1.807, 2.05) is 0 Å². The summed E-state index contributed by atoms with van der Waals surface area (Å²) in [5, 5.41) is 27.5. The first-order valence-corrected chi connectivity index (χ1v) is 42.4. The number of hydrogen-bond donors (Lipinski definition) is 0. The Morgan fingerprint density at radius 1 is 0.212 bits per heavy atom. The Morgan fingerprint density at radius 3 is 0.915 bits per heavy atom. The summed E-state index contributed by atoms with van der Waals surface area (Å²) in [5.41, 5.74) is 33.8. The van der Waals surface area contributed by atoms with E-state index in [9.17, 15) is 0 Å². The van der Waals surface area contributed by atoms with Crippen molar-refractivity contribution >= 4 is 209 Å². The van der Waals surface area contributed by atoms with Crippen molar-refractivity contribution in [1.82, 2.24) is 0 Å². The average Bonchev–Trinajstić information content (AvgIpc) is 1.44. The molecular formula is C110H78N2O4S2. The maximum atomic E-state index is 7.15. The Labute approximate surface area is 689 Å². The van der Waals surface area contributed by atoms with E-state index in [-0.39, 0.29) is 0 Å². The van der Waals surface area contributed by atoms with Crippen LogP contribution in [0.15, 0.2) is 307 Å². The molecule has 0 saturated carbocycles. The minimum Gasteiger partial charge on any atom is -0.455 e. The molecule has 6 heterocycles. The third-order valence-corrected chi connectivity index (χ3v) is 26.7. The lowest BCUT2D eigenvalue weighted by Gasteiger charge is -2.26. The molecule has 18 aromatic carbocycles. The summed E-state index contributed by atoms with van der Waals surface area (Å²) >= 11 is 3.52. The average molecular weight is 1560 g/mol.